The van der Waals surface area contributed by atoms with Crippen LogP contribution in [-0.2, 0) is 0 Å². The molecule has 0 aromatic heterocycles. The molecule has 0 bridgehead atoms. The third-order valence-corrected chi connectivity index (χ3v) is 1.85. The van der Waals surface area contributed by atoms with E-state index in [2.05, 4.69) is 0 Å². The van der Waals surface area contributed by atoms with Gasteiger partial charge in [0.25, 0.3) is 10.9 Å². The van der Waals surface area contributed by atoms with Crippen LogP contribution in [0.2, 0.25) is 0 Å². The van der Waals surface area contributed by atoms with Crippen molar-refractivity contribution in [3.8, 4) is 0 Å². The molecule has 0 aliphatic carbocycles. The molecule has 0 atom stereocenters. The monoisotopic (exact) mass is 199 g/mol. The highest BCUT2D eigenvalue weighted by molar-refractivity contribution is 6.67. The highest BCUT2D eigenvalue weighted by Gasteiger charge is 2.12. The first-order valence-corrected chi connectivity index (χ1v) is 3.85. The Kier molecular flexibility index (Phi) is 2.63. The molecule has 68 valence electrons. The van der Waals surface area contributed by atoms with Crippen LogP contribution >= 0.6 is 11.6 Å². The van der Waals surface area contributed by atoms with Crippen molar-refractivity contribution in [1.82, 2.24) is 0 Å². The third kappa shape index (κ3) is 2.03. The molecule has 0 fully saturated rings. The number of halogens is 1. The highest BCUT2D eigenvalue weighted by atomic mass is 35.5. The van der Waals surface area contributed by atoms with Crippen LogP contribution in [0.15, 0.2) is 18.2 Å². The van der Waals surface area contributed by atoms with E-state index in [0.29, 0.717) is 5.56 Å². The first-order chi connectivity index (χ1) is 6.02. The van der Waals surface area contributed by atoms with E-state index in [9.17, 15) is 14.9 Å². The van der Waals surface area contributed by atoms with Gasteiger partial charge in [0, 0.05) is 17.7 Å². The fraction of sp³-hybridized carbons (Fsp3) is 0.125. The summed E-state index contributed by atoms with van der Waals surface area (Å²) in [4.78, 5) is 20.6. The molecule has 0 heterocycles. The summed E-state index contributed by atoms with van der Waals surface area (Å²) >= 11 is 5.22. The van der Waals surface area contributed by atoms with E-state index in [1.54, 1.807) is 6.92 Å². The maximum Gasteiger partial charge on any atom is 0.270 e. The molecule has 5 heteroatoms. The van der Waals surface area contributed by atoms with E-state index in [4.69, 9.17) is 11.6 Å². The topological polar surface area (TPSA) is 60.2 Å². The molecule has 0 spiro atoms. The van der Waals surface area contributed by atoms with Gasteiger partial charge in [0.1, 0.15) is 0 Å². The van der Waals surface area contributed by atoms with E-state index in [-0.39, 0.29) is 11.3 Å². The number of nitrogens with zero attached hydrogens (tertiary/aromatic N) is 1. The summed E-state index contributed by atoms with van der Waals surface area (Å²) in [6.45, 7) is 1.67. The van der Waals surface area contributed by atoms with Crippen LogP contribution in [0.5, 0.6) is 0 Å². The van der Waals surface area contributed by atoms with Gasteiger partial charge in [0.05, 0.1) is 4.92 Å². The average molecular weight is 200 g/mol. The van der Waals surface area contributed by atoms with Crippen LogP contribution < -0.4 is 0 Å². The van der Waals surface area contributed by atoms with Gasteiger partial charge in [-0.3, -0.25) is 14.9 Å². The molecule has 0 unspecified atom stereocenters. The van der Waals surface area contributed by atoms with Gasteiger partial charge in [-0.25, -0.2) is 0 Å². The molecule has 1 aromatic carbocycles. The van der Waals surface area contributed by atoms with Crippen LogP contribution in [0.3, 0.4) is 0 Å². The summed E-state index contributed by atoms with van der Waals surface area (Å²) in [5.41, 5.74) is 0.677. The van der Waals surface area contributed by atoms with Crippen molar-refractivity contribution in [2.24, 2.45) is 0 Å². The molecule has 0 N–H and O–H groups in total. The van der Waals surface area contributed by atoms with Crippen molar-refractivity contribution >= 4 is 22.5 Å². The molecule has 0 aliphatic heterocycles. The number of nitro groups is 1. The van der Waals surface area contributed by atoms with Crippen molar-refractivity contribution in [2.45, 2.75) is 6.92 Å². The number of benzene rings is 1. The fourth-order valence-electron chi connectivity index (χ4n) is 0.935. The van der Waals surface area contributed by atoms with Crippen LogP contribution in [0.1, 0.15) is 15.9 Å². The zero-order chi connectivity index (χ0) is 10.0. The van der Waals surface area contributed by atoms with Crippen LogP contribution in [0.4, 0.5) is 5.69 Å². The molecule has 1 aromatic rings. The number of nitro benzene ring substituents is 1. The van der Waals surface area contributed by atoms with E-state index >= 15 is 0 Å². The second kappa shape index (κ2) is 3.53. The Labute approximate surface area is 79.3 Å². The van der Waals surface area contributed by atoms with Crippen molar-refractivity contribution in [2.75, 3.05) is 0 Å². The minimum atomic E-state index is -0.679. The van der Waals surface area contributed by atoms with E-state index < -0.39 is 10.2 Å². The molecule has 0 saturated carbocycles. The van der Waals surface area contributed by atoms with Gasteiger partial charge in [-0.2, -0.15) is 0 Å². The average Bonchev–Trinajstić information content (AvgIpc) is 2.04. The van der Waals surface area contributed by atoms with Crippen molar-refractivity contribution in [1.29, 1.82) is 0 Å². The number of rotatable bonds is 2. The largest absolute Gasteiger partial charge is 0.276 e. The Balaban J connectivity index is 3.27. The minimum absolute atomic E-state index is 0.130. The standard InChI is InChI=1S/C8H6ClNO3/c1-5-2-3-6(10(12)13)4-7(5)8(9)11/h2-4H,1H3. The summed E-state index contributed by atoms with van der Waals surface area (Å²) in [5, 5.41) is 9.66. The van der Waals surface area contributed by atoms with Crippen molar-refractivity contribution in [3.05, 3.63) is 39.4 Å². The normalized spacial score (nSPS) is 9.69. The van der Waals surface area contributed by atoms with Crippen molar-refractivity contribution < 1.29 is 9.72 Å². The van der Waals surface area contributed by atoms with Gasteiger partial charge >= 0.3 is 0 Å². The molecular formula is C8H6ClNO3. The zero-order valence-electron chi connectivity index (χ0n) is 6.78. The fourth-order valence-corrected chi connectivity index (χ4v) is 1.14. The second-order valence-corrected chi connectivity index (χ2v) is 2.87. The Hall–Kier alpha value is -1.42. The Morgan fingerprint density at radius 3 is 2.62 bits per heavy atom. The van der Waals surface area contributed by atoms with Crippen LogP contribution in [-0.4, -0.2) is 10.2 Å². The van der Waals surface area contributed by atoms with E-state index in [1.165, 1.54) is 18.2 Å². The number of carbonyl (C=O) groups is 1. The summed E-state index contributed by atoms with van der Waals surface area (Å²) in [6.07, 6.45) is 0. The number of aryl methyl sites for hydroxylation is 1. The summed E-state index contributed by atoms with van der Waals surface area (Å²) in [7, 11) is 0. The Morgan fingerprint density at radius 1 is 1.54 bits per heavy atom. The van der Waals surface area contributed by atoms with Gasteiger partial charge in [-0.15, -0.1) is 0 Å². The first kappa shape index (κ1) is 9.67. The Bertz CT molecular complexity index is 376. The predicted molar refractivity (Wildman–Crippen MR) is 48.0 cm³/mol. The number of non-ortho nitro benzene ring substituents is 1. The van der Waals surface area contributed by atoms with E-state index in [1.807, 2.05) is 0 Å². The SMILES string of the molecule is Cc1ccc([N+](=O)[O-])cc1C(=O)Cl. The van der Waals surface area contributed by atoms with Crippen molar-refractivity contribution in [3.63, 3.8) is 0 Å². The predicted octanol–water partition coefficient (Wildman–Crippen LogP) is 2.28. The molecule has 13 heavy (non-hydrogen) atoms. The second-order valence-electron chi connectivity index (χ2n) is 2.53. The smallest absolute Gasteiger partial charge is 0.270 e. The lowest BCUT2D eigenvalue weighted by molar-refractivity contribution is -0.384. The third-order valence-electron chi connectivity index (χ3n) is 1.64. The molecule has 0 amide bonds. The zero-order valence-corrected chi connectivity index (χ0v) is 7.54. The maximum absolute atomic E-state index is 10.8. The van der Waals surface area contributed by atoms with Crippen LogP contribution in [0.25, 0.3) is 0 Å². The summed E-state index contributed by atoms with van der Waals surface area (Å²) in [5.74, 6) is 0. The van der Waals surface area contributed by atoms with Gasteiger partial charge in [-0.05, 0) is 24.1 Å². The Morgan fingerprint density at radius 2 is 2.15 bits per heavy atom. The molecule has 1 rings (SSSR count). The number of carbonyl (C=O) groups excluding carboxylic acids is 1. The van der Waals surface area contributed by atoms with Gasteiger partial charge in [0.2, 0.25) is 0 Å². The minimum Gasteiger partial charge on any atom is -0.276 e. The van der Waals surface area contributed by atoms with Crippen LogP contribution in [0, 0.1) is 17.0 Å². The highest BCUT2D eigenvalue weighted by Crippen LogP contribution is 2.18. The lowest BCUT2D eigenvalue weighted by atomic mass is 10.1. The molecule has 0 aliphatic rings. The van der Waals surface area contributed by atoms with Gasteiger partial charge < -0.3 is 0 Å². The van der Waals surface area contributed by atoms with E-state index in [0.717, 1.165) is 0 Å². The quantitative estimate of drug-likeness (QED) is 0.417. The maximum atomic E-state index is 10.8. The molecular weight excluding hydrogens is 194 g/mol. The van der Waals surface area contributed by atoms with Gasteiger partial charge in [0.15, 0.2) is 0 Å². The number of hydrogen-bond acceptors (Lipinski definition) is 3. The lowest BCUT2D eigenvalue weighted by Crippen LogP contribution is -1.96. The summed E-state index contributed by atoms with van der Waals surface area (Å²) in [6, 6.07) is 4.00. The molecule has 0 radical (unpaired) electrons. The molecule has 0 saturated heterocycles. The summed E-state index contributed by atoms with van der Waals surface area (Å²) < 4.78 is 0. The number of hydrogen-bond donors (Lipinski definition) is 0. The first-order valence-electron chi connectivity index (χ1n) is 3.47. The molecule has 4 nitrogen and oxygen atoms in total. The van der Waals surface area contributed by atoms with Gasteiger partial charge in [-0.1, -0.05) is 6.07 Å². The lowest BCUT2D eigenvalue weighted by Gasteiger charge is -1.98.